The van der Waals surface area contributed by atoms with E-state index in [0.29, 0.717) is 12.3 Å². The Hall–Kier alpha value is -0.870. The first-order valence-corrected chi connectivity index (χ1v) is 6.84. The summed E-state index contributed by atoms with van der Waals surface area (Å²) >= 11 is 3.43. The van der Waals surface area contributed by atoms with E-state index < -0.39 is 0 Å². The summed E-state index contributed by atoms with van der Waals surface area (Å²) in [5, 5.41) is 10.0. The summed E-state index contributed by atoms with van der Waals surface area (Å²) in [6.07, 6.45) is 0.605. The minimum Gasteiger partial charge on any atom is -0.392 e. The van der Waals surface area contributed by atoms with Crippen LogP contribution in [0.25, 0.3) is 0 Å². The van der Waals surface area contributed by atoms with E-state index in [-0.39, 0.29) is 12.5 Å². The number of hydrogen-bond acceptors (Lipinski definition) is 2. The van der Waals surface area contributed by atoms with Gasteiger partial charge in [0.25, 0.3) is 0 Å². The number of nitrogens with zero attached hydrogens (tertiary/aromatic N) is 1. The molecule has 1 heterocycles. The highest BCUT2D eigenvalue weighted by Gasteiger charge is 2.30. The fourth-order valence-electron chi connectivity index (χ4n) is 2.16. The van der Waals surface area contributed by atoms with Crippen LogP contribution in [0.5, 0.6) is 0 Å². The molecule has 0 saturated carbocycles. The summed E-state index contributed by atoms with van der Waals surface area (Å²) in [7, 11) is 0. The van der Waals surface area contributed by atoms with Crippen LogP contribution in [0.15, 0.2) is 18.2 Å². The van der Waals surface area contributed by atoms with Crippen LogP contribution in [0.1, 0.15) is 17.5 Å². The van der Waals surface area contributed by atoms with Gasteiger partial charge in [0, 0.05) is 24.0 Å². The number of rotatable bonds is 3. The number of amides is 1. The Morgan fingerprint density at radius 2 is 2.29 bits per heavy atom. The minimum absolute atomic E-state index is 0.0111. The van der Waals surface area contributed by atoms with Crippen LogP contribution < -0.4 is 4.90 Å². The third kappa shape index (κ3) is 2.53. The number of aryl methyl sites for hydroxylation is 1. The maximum Gasteiger partial charge on any atom is 0.227 e. The summed E-state index contributed by atoms with van der Waals surface area (Å²) < 4.78 is 0. The van der Waals surface area contributed by atoms with Gasteiger partial charge >= 0.3 is 0 Å². The lowest BCUT2D eigenvalue weighted by molar-refractivity contribution is -0.117. The zero-order chi connectivity index (χ0) is 12.4. The second kappa shape index (κ2) is 5.19. The quantitative estimate of drug-likeness (QED) is 0.869. The lowest BCUT2D eigenvalue weighted by Gasteiger charge is -2.19. The van der Waals surface area contributed by atoms with Crippen LogP contribution in [0.2, 0.25) is 0 Å². The highest BCUT2D eigenvalue weighted by atomic mass is 79.9. The van der Waals surface area contributed by atoms with Gasteiger partial charge in [-0.05, 0) is 30.0 Å². The van der Waals surface area contributed by atoms with Crippen molar-refractivity contribution < 1.29 is 9.90 Å². The molecule has 0 aromatic heterocycles. The van der Waals surface area contributed by atoms with Gasteiger partial charge in [0.05, 0.1) is 6.61 Å². The van der Waals surface area contributed by atoms with Crippen LogP contribution in [-0.4, -0.2) is 22.9 Å². The summed E-state index contributed by atoms with van der Waals surface area (Å²) in [5.41, 5.74) is 2.86. The molecule has 0 radical (unpaired) electrons. The Balaban J connectivity index is 2.30. The van der Waals surface area contributed by atoms with Crippen molar-refractivity contribution >= 4 is 27.5 Å². The largest absolute Gasteiger partial charge is 0.392 e. The zero-order valence-corrected chi connectivity index (χ0v) is 11.4. The highest BCUT2D eigenvalue weighted by Crippen LogP contribution is 2.29. The van der Waals surface area contributed by atoms with E-state index in [1.807, 2.05) is 30.0 Å². The minimum atomic E-state index is 0.0111. The number of halogens is 1. The smallest absolute Gasteiger partial charge is 0.227 e. The maximum atomic E-state index is 11.9. The van der Waals surface area contributed by atoms with E-state index in [1.165, 1.54) is 0 Å². The van der Waals surface area contributed by atoms with Gasteiger partial charge in [-0.2, -0.15) is 0 Å². The predicted octanol–water partition coefficient (Wildman–Crippen LogP) is 2.24. The third-order valence-corrected chi connectivity index (χ3v) is 4.09. The van der Waals surface area contributed by atoms with Crippen molar-refractivity contribution in [2.75, 3.05) is 16.8 Å². The molecule has 1 unspecified atom stereocenters. The predicted molar refractivity (Wildman–Crippen MR) is 71.4 cm³/mol. The van der Waals surface area contributed by atoms with E-state index in [9.17, 15) is 4.79 Å². The molecule has 0 bridgehead atoms. The molecule has 0 spiro atoms. The molecule has 1 aromatic carbocycles. The van der Waals surface area contributed by atoms with Crippen LogP contribution >= 0.6 is 15.9 Å². The van der Waals surface area contributed by atoms with Gasteiger partial charge in [0.15, 0.2) is 0 Å². The van der Waals surface area contributed by atoms with Gasteiger partial charge in [0.1, 0.15) is 0 Å². The van der Waals surface area contributed by atoms with Crippen molar-refractivity contribution in [3.8, 4) is 0 Å². The first-order chi connectivity index (χ1) is 8.15. The van der Waals surface area contributed by atoms with E-state index >= 15 is 0 Å². The zero-order valence-electron chi connectivity index (χ0n) is 9.82. The Labute approximate surface area is 110 Å². The number of anilines is 1. The van der Waals surface area contributed by atoms with Crippen LogP contribution in [0.3, 0.4) is 0 Å². The number of benzene rings is 1. The Morgan fingerprint density at radius 1 is 1.53 bits per heavy atom. The van der Waals surface area contributed by atoms with Gasteiger partial charge in [-0.15, -0.1) is 0 Å². The SMILES string of the molecule is Cc1ccc(CO)cc1N1CC(CBr)CC1=O. The molecule has 1 saturated heterocycles. The third-order valence-electron chi connectivity index (χ3n) is 3.17. The van der Waals surface area contributed by atoms with Crippen LogP contribution in [-0.2, 0) is 11.4 Å². The lowest BCUT2D eigenvalue weighted by Crippen LogP contribution is -2.25. The first-order valence-electron chi connectivity index (χ1n) is 5.72. The molecule has 1 N–H and O–H groups in total. The second-order valence-corrected chi connectivity index (χ2v) is 5.16. The Morgan fingerprint density at radius 3 is 2.88 bits per heavy atom. The van der Waals surface area contributed by atoms with Crippen LogP contribution in [0.4, 0.5) is 5.69 Å². The summed E-state index contributed by atoms with van der Waals surface area (Å²) in [6.45, 7) is 2.77. The van der Waals surface area contributed by atoms with Crippen molar-refractivity contribution in [2.45, 2.75) is 20.0 Å². The van der Waals surface area contributed by atoms with Crippen LogP contribution in [0, 0.1) is 12.8 Å². The topological polar surface area (TPSA) is 40.5 Å². The summed E-state index contributed by atoms with van der Waals surface area (Å²) in [5.74, 6) is 0.562. The maximum absolute atomic E-state index is 11.9. The molecule has 4 heteroatoms. The number of carbonyl (C=O) groups is 1. The molecule has 1 amide bonds. The van der Waals surface area contributed by atoms with Crippen molar-refractivity contribution in [3.63, 3.8) is 0 Å². The Kier molecular flexibility index (Phi) is 3.84. The number of alkyl halides is 1. The summed E-state index contributed by atoms with van der Waals surface area (Å²) in [4.78, 5) is 13.8. The van der Waals surface area contributed by atoms with E-state index in [2.05, 4.69) is 15.9 Å². The molecular weight excluding hydrogens is 282 g/mol. The molecule has 1 aromatic rings. The average Bonchev–Trinajstić information content (AvgIpc) is 2.71. The molecule has 2 rings (SSSR count). The number of hydrogen-bond donors (Lipinski definition) is 1. The van der Waals surface area contributed by atoms with Crippen molar-refractivity contribution in [2.24, 2.45) is 5.92 Å². The lowest BCUT2D eigenvalue weighted by atomic mass is 10.1. The first kappa shape index (κ1) is 12.6. The molecule has 17 heavy (non-hydrogen) atoms. The Bertz CT molecular complexity index is 433. The monoisotopic (exact) mass is 297 g/mol. The molecule has 1 atom stereocenters. The highest BCUT2D eigenvalue weighted by molar-refractivity contribution is 9.09. The average molecular weight is 298 g/mol. The number of aliphatic hydroxyl groups excluding tert-OH is 1. The number of carbonyl (C=O) groups excluding carboxylic acids is 1. The molecule has 1 aliphatic rings. The second-order valence-electron chi connectivity index (χ2n) is 4.51. The molecular formula is C13H16BrNO2. The molecule has 0 aliphatic carbocycles. The molecule has 3 nitrogen and oxygen atoms in total. The van der Waals surface area contributed by atoms with Gasteiger partial charge in [-0.3, -0.25) is 4.79 Å². The molecule has 1 aliphatic heterocycles. The fraction of sp³-hybridized carbons (Fsp3) is 0.462. The normalized spacial score (nSPS) is 20.1. The fourth-order valence-corrected chi connectivity index (χ4v) is 2.60. The van der Waals surface area contributed by atoms with Crippen molar-refractivity contribution in [3.05, 3.63) is 29.3 Å². The number of aliphatic hydroxyl groups is 1. The summed E-state index contributed by atoms with van der Waals surface area (Å²) in [6, 6.07) is 5.75. The van der Waals surface area contributed by atoms with Gasteiger partial charge < -0.3 is 10.0 Å². The van der Waals surface area contributed by atoms with E-state index in [1.54, 1.807) is 0 Å². The van der Waals surface area contributed by atoms with Gasteiger partial charge in [-0.1, -0.05) is 28.1 Å². The molecule has 92 valence electrons. The van der Waals surface area contributed by atoms with Crippen molar-refractivity contribution in [1.82, 2.24) is 0 Å². The molecule has 1 fully saturated rings. The van der Waals surface area contributed by atoms with E-state index in [4.69, 9.17) is 5.11 Å². The van der Waals surface area contributed by atoms with Gasteiger partial charge in [-0.25, -0.2) is 0 Å². The van der Waals surface area contributed by atoms with E-state index in [0.717, 1.165) is 28.7 Å². The van der Waals surface area contributed by atoms with Crippen molar-refractivity contribution in [1.29, 1.82) is 0 Å². The standard InChI is InChI=1S/C13H16BrNO2/c1-9-2-3-10(8-16)4-12(9)15-7-11(6-14)5-13(15)17/h2-4,11,16H,5-8H2,1H3. The van der Waals surface area contributed by atoms with Gasteiger partial charge in [0.2, 0.25) is 5.91 Å².